The Morgan fingerprint density at radius 2 is 1.84 bits per heavy atom. The summed E-state index contributed by atoms with van der Waals surface area (Å²) in [5, 5.41) is 11.1. The summed E-state index contributed by atoms with van der Waals surface area (Å²) in [4.78, 5) is 23.2. The summed E-state index contributed by atoms with van der Waals surface area (Å²) in [5.74, 6) is 0.405. The van der Waals surface area contributed by atoms with Crippen LogP contribution >= 0.6 is 0 Å². The molecule has 0 saturated carbocycles. The first-order valence-corrected chi connectivity index (χ1v) is 7.55. The summed E-state index contributed by atoms with van der Waals surface area (Å²) >= 11 is 0. The Bertz CT molecular complexity index is 823. The third-order valence-corrected chi connectivity index (χ3v) is 3.00. The molecule has 6 nitrogen and oxygen atoms in total. The minimum atomic E-state index is -0.894. The Labute approximate surface area is 145 Å². The van der Waals surface area contributed by atoms with Gasteiger partial charge in [0.25, 0.3) is 5.91 Å². The zero-order valence-electron chi connectivity index (χ0n) is 13.6. The molecule has 0 fully saturated rings. The number of nitrogens with zero attached hydrogens (tertiary/aromatic N) is 1. The van der Waals surface area contributed by atoms with E-state index in [0.29, 0.717) is 17.1 Å². The first kappa shape index (κ1) is 17.8. The molecule has 0 aliphatic heterocycles. The van der Waals surface area contributed by atoms with Gasteiger partial charge >= 0.3 is 6.09 Å². The van der Waals surface area contributed by atoms with Crippen LogP contribution in [0.25, 0.3) is 6.08 Å². The van der Waals surface area contributed by atoms with Crippen molar-refractivity contribution in [1.82, 2.24) is 5.32 Å². The molecule has 2 rings (SSSR count). The van der Waals surface area contributed by atoms with Gasteiger partial charge in [-0.15, -0.1) is 0 Å². The fourth-order valence-corrected chi connectivity index (χ4v) is 1.93. The molecule has 25 heavy (non-hydrogen) atoms. The predicted molar refractivity (Wildman–Crippen MR) is 91.7 cm³/mol. The molecular formula is C19H16N2O4. The Kier molecular flexibility index (Phi) is 6.32. The first-order valence-electron chi connectivity index (χ1n) is 7.55. The summed E-state index contributed by atoms with van der Waals surface area (Å²) in [6, 6.07) is 17.9. The van der Waals surface area contributed by atoms with Gasteiger partial charge in [-0.05, 0) is 42.8 Å². The largest absolute Gasteiger partial charge is 0.457 e. The molecule has 0 saturated heterocycles. The van der Waals surface area contributed by atoms with Crippen molar-refractivity contribution in [2.45, 2.75) is 6.92 Å². The smallest absolute Gasteiger partial charge is 0.414 e. The predicted octanol–water partition coefficient (Wildman–Crippen LogP) is 3.66. The van der Waals surface area contributed by atoms with E-state index in [1.54, 1.807) is 37.3 Å². The molecule has 126 valence electrons. The first-order chi connectivity index (χ1) is 12.1. The van der Waals surface area contributed by atoms with E-state index in [4.69, 9.17) is 10.00 Å². The van der Waals surface area contributed by atoms with Crippen LogP contribution in [0.2, 0.25) is 0 Å². The number of nitrogens with one attached hydrogen (secondary N) is 1. The quantitative estimate of drug-likeness (QED) is 0.665. The second kappa shape index (κ2) is 8.89. The van der Waals surface area contributed by atoms with E-state index in [9.17, 15) is 9.59 Å². The van der Waals surface area contributed by atoms with Crippen molar-refractivity contribution in [3.05, 3.63) is 65.7 Å². The second-order valence-corrected chi connectivity index (χ2v) is 4.83. The lowest BCUT2D eigenvalue weighted by atomic mass is 10.1. The van der Waals surface area contributed by atoms with E-state index < -0.39 is 12.0 Å². The van der Waals surface area contributed by atoms with Gasteiger partial charge in [-0.25, -0.2) is 4.79 Å². The third kappa shape index (κ3) is 5.52. The van der Waals surface area contributed by atoms with Crippen molar-refractivity contribution in [1.29, 1.82) is 5.26 Å². The van der Waals surface area contributed by atoms with Crippen LogP contribution in [-0.4, -0.2) is 18.6 Å². The summed E-state index contributed by atoms with van der Waals surface area (Å²) in [5.41, 5.74) is 0.369. The molecule has 0 radical (unpaired) electrons. The number of amides is 2. The number of benzene rings is 2. The topological polar surface area (TPSA) is 88.4 Å². The van der Waals surface area contributed by atoms with Gasteiger partial charge in [0.15, 0.2) is 0 Å². The van der Waals surface area contributed by atoms with Crippen molar-refractivity contribution in [3.8, 4) is 17.6 Å². The van der Waals surface area contributed by atoms with Crippen LogP contribution in [0.5, 0.6) is 11.5 Å². The van der Waals surface area contributed by atoms with E-state index in [0.717, 1.165) is 0 Å². The number of carbonyl (C=O) groups excluding carboxylic acids is 2. The van der Waals surface area contributed by atoms with E-state index in [1.165, 1.54) is 6.08 Å². The molecule has 0 aromatic heterocycles. The van der Waals surface area contributed by atoms with Crippen molar-refractivity contribution in [3.63, 3.8) is 0 Å². The van der Waals surface area contributed by atoms with Gasteiger partial charge in [-0.2, -0.15) is 5.26 Å². The molecular weight excluding hydrogens is 320 g/mol. The number of imide groups is 1. The number of hydrogen-bond donors (Lipinski definition) is 1. The van der Waals surface area contributed by atoms with Gasteiger partial charge < -0.3 is 9.47 Å². The molecule has 1 N–H and O–H groups in total. The standard InChI is InChI=1S/C19H16N2O4/c1-2-24-19(23)21-18(22)15(13-20)11-14-7-6-10-17(12-14)25-16-8-4-3-5-9-16/h3-12H,2H2,1H3,(H,21,22,23)/b15-11+. The minimum Gasteiger partial charge on any atom is -0.457 e. The second-order valence-electron chi connectivity index (χ2n) is 4.83. The number of alkyl carbamates (subject to hydrolysis) is 1. The average molecular weight is 336 g/mol. The summed E-state index contributed by atoms with van der Waals surface area (Å²) in [7, 11) is 0. The van der Waals surface area contributed by atoms with Crippen molar-refractivity contribution >= 4 is 18.1 Å². The number of para-hydroxylation sites is 1. The lowest BCUT2D eigenvalue weighted by Gasteiger charge is -2.06. The molecule has 0 atom stereocenters. The van der Waals surface area contributed by atoms with Crippen molar-refractivity contribution < 1.29 is 19.1 Å². The van der Waals surface area contributed by atoms with E-state index >= 15 is 0 Å². The van der Waals surface area contributed by atoms with Gasteiger partial charge in [0.05, 0.1) is 6.61 Å². The molecule has 0 bridgehead atoms. The van der Waals surface area contributed by atoms with Crippen LogP contribution in [-0.2, 0) is 9.53 Å². The highest BCUT2D eigenvalue weighted by Gasteiger charge is 2.13. The normalized spacial score (nSPS) is 10.5. The fourth-order valence-electron chi connectivity index (χ4n) is 1.93. The van der Waals surface area contributed by atoms with E-state index in [1.807, 2.05) is 35.6 Å². The van der Waals surface area contributed by atoms with Crippen LogP contribution in [0, 0.1) is 11.3 Å². The van der Waals surface area contributed by atoms with Gasteiger partial charge in [0.1, 0.15) is 23.1 Å². The molecule has 0 aliphatic carbocycles. The molecule has 0 unspecified atom stereocenters. The lowest BCUT2D eigenvalue weighted by molar-refractivity contribution is -0.116. The number of rotatable bonds is 5. The molecule has 0 heterocycles. The van der Waals surface area contributed by atoms with Crippen molar-refractivity contribution in [2.75, 3.05) is 6.61 Å². The average Bonchev–Trinajstić information content (AvgIpc) is 2.61. The van der Waals surface area contributed by atoms with Crippen LogP contribution < -0.4 is 10.1 Å². The highest BCUT2D eigenvalue weighted by atomic mass is 16.5. The number of hydrogen-bond acceptors (Lipinski definition) is 5. The maximum absolute atomic E-state index is 11.9. The maximum Gasteiger partial charge on any atom is 0.414 e. The Morgan fingerprint density at radius 3 is 2.52 bits per heavy atom. The zero-order valence-corrected chi connectivity index (χ0v) is 13.6. The van der Waals surface area contributed by atoms with Gasteiger partial charge in [0, 0.05) is 0 Å². The van der Waals surface area contributed by atoms with Gasteiger partial charge in [0.2, 0.25) is 0 Å². The summed E-state index contributed by atoms with van der Waals surface area (Å²) in [6.07, 6.45) is 0.474. The summed E-state index contributed by atoms with van der Waals surface area (Å²) in [6.45, 7) is 1.74. The van der Waals surface area contributed by atoms with E-state index in [-0.39, 0.29) is 12.2 Å². The lowest BCUT2D eigenvalue weighted by Crippen LogP contribution is -2.31. The monoisotopic (exact) mass is 336 g/mol. The Morgan fingerprint density at radius 1 is 1.12 bits per heavy atom. The van der Waals surface area contributed by atoms with Gasteiger partial charge in [-0.1, -0.05) is 30.3 Å². The molecule has 6 heteroatoms. The van der Waals surface area contributed by atoms with E-state index in [2.05, 4.69) is 4.74 Å². The molecule has 0 aliphatic rings. The van der Waals surface area contributed by atoms with Crippen LogP contribution in [0.3, 0.4) is 0 Å². The fraction of sp³-hybridized carbons (Fsp3) is 0.105. The number of ether oxygens (including phenoxy) is 2. The van der Waals surface area contributed by atoms with Crippen LogP contribution in [0.15, 0.2) is 60.2 Å². The molecule has 0 spiro atoms. The Hall–Kier alpha value is -3.59. The number of nitriles is 1. The molecule has 2 amide bonds. The van der Waals surface area contributed by atoms with Crippen LogP contribution in [0.4, 0.5) is 4.79 Å². The number of carbonyl (C=O) groups is 2. The Balaban J connectivity index is 2.15. The highest BCUT2D eigenvalue weighted by molar-refractivity contribution is 6.07. The van der Waals surface area contributed by atoms with Crippen LogP contribution in [0.1, 0.15) is 12.5 Å². The third-order valence-electron chi connectivity index (χ3n) is 3.00. The maximum atomic E-state index is 11.9. The highest BCUT2D eigenvalue weighted by Crippen LogP contribution is 2.22. The minimum absolute atomic E-state index is 0.129. The SMILES string of the molecule is CCOC(=O)NC(=O)/C(C#N)=C/c1cccc(Oc2ccccc2)c1. The summed E-state index contributed by atoms with van der Waals surface area (Å²) < 4.78 is 10.3. The molecule has 2 aromatic rings. The molecule has 2 aromatic carbocycles. The van der Waals surface area contributed by atoms with Gasteiger partial charge in [-0.3, -0.25) is 10.1 Å². The zero-order chi connectivity index (χ0) is 18.1. The van der Waals surface area contributed by atoms with Crippen molar-refractivity contribution in [2.24, 2.45) is 0 Å².